The highest BCUT2D eigenvalue weighted by molar-refractivity contribution is 5.80. The summed E-state index contributed by atoms with van der Waals surface area (Å²) in [6.07, 6.45) is 6.97. The second kappa shape index (κ2) is 8.64. The number of hydrogen-bond donors (Lipinski definition) is 1. The first kappa shape index (κ1) is 19.4. The van der Waals surface area contributed by atoms with Gasteiger partial charge in [0.1, 0.15) is 0 Å². The van der Waals surface area contributed by atoms with Crippen molar-refractivity contribution in [2.75, 3.05) is 26.2 Å². The minimum Gasteiger partial charge on any atom is -0.353 e. The molecule has 1 atom stereocenters. The van der Waals surface area contributed by atoms with Crippen LogP contribution >= 0.6 is 0 Å². The quantitative estimate of drug-likeness (QED) is 0.850. The van der Waals surface area contributed by atoms with E-state index in [0.717, 1.165) is 70.3 Å². The van der Waals surface area contributed by atoms with Crippen molar-refractivity contribution in [3.05, 3.63) is 35.4 Å². The van der Waals surface area contributed by atoms with E-state index in [1.165, 1.54) is 5.56 Å². The molecule has 5 nitrogen and oxygen atoms in total. The fourth-order valence-electron chi connectivity index (χ4n) is 4.69. The van der Waals surface area contributed by atoms with Gasteiger partial charge in [-0.15, -0.1) is 0 Å². The number of aryl methyl sites for hydroxylation is 1. The molecular weight excluding hydrogens is 350 g/mol. The van der Waals surface area contributed by atoms with Gasteiger partial charge in [0.25, 0.3) is 0 Å². The summed E-state index contributed by atoms with van der Waals surface area (Å²) in [5.41, 5.74) is 2.31. The smallest absolute Gasteiger partial charge is 0.226 e. The first-order valence-corrected chi connectivity index (χ1v) is 11.0. The summed E-state index contributed by atoms with van der Waals surface area (Å²) in [7, 11) is 0. The van der Waals surface area contributed by atoms with Gasteiger partial charge in [-0.2, -0.15) is 0 Å². The molecule has 4 rings (SSSR count). The number of likely N-dealkylation sites (tertiary alicyclic amines) is 2. The van der Waals surface area contributed by atoms with Crippen molar-refractivity contribution in [1.82, 2.24) is 15.1 Å². The molecular formula is C23H33N3O2. The molecule has 0 spiro atoms. The third-order valence-corrected chi connectivity index (χ3v) is 6.52. The molecule has 152 valence electrons. The van der Waals surface area contributed by atoms with Gasteiger partial charge in [0.05, 0.1) is 12.3 Å². The fraction of sp³-hybridized carbons (Fsp3) is 0.652. The summed E-state index contributed by atoms with van der Waals surface area (Å²) in [6, 6.07) is 9.20. The van der Waals surface area contributed by atoms with E-state index in [9.17, 15) is 9.59 Å². The maximum absolute atomic E-state index is 12.7. The number of amides is 2. The number of piperidine rings is 2. The van der Waals surface area contributed by atoms with Crippen LogP contribution in [0.25, 0.3) is 0 Å². The molecule has 2 heterocycles. The molecule has 2 amide bonds. The molecule has 5 heteroatoms. The molecule has 1 aliphatic carbocycles. The van der Waals surface area contributed by atoms with Crippen molar-refractivity contribution in [3.63, 3.8) is 0 Å². The van der Waals surface area contributed by atoms with Crippen molar-refractivity contribution in [1.29, 1.82) is 0 Å². The maximum atomic E-state index is 12.7. The van der Waals surface area contributed by atoms with Crippen LogP contribution in [-0.4, -0.2) is 59.9 Å². The van der Waals surface area contributed by atoms with Crippen LogP contribution < -0.4 is 5.32 Å². The van der Waals surface area contributed by atoms with Crippen LogP contribution in [0.2, 0.25) is 0 Å². The van der Waals surface area contributed by atoms with Crippen molar-refractivity contribution in [2.24, 2.45) is 5.92 Å². The SMILES string of the molecule is Cc1cccc(CC(=O)N2CCC(N3CCC[C@@H](C(=O)NC4CC4)C3)CC2)c1. The molecule has 1 saturated carbocycles. The van der Waals surface area contributed by atoms with Crippen molar-refractivity contribution in [3.8, 4) is 0 Å². The van der Waals surface area contributed by atoms with Gasteiger partial charge in [-0.3, -0.25) is 14.5 Å². The Balaban J connectivity index is 1.25. The molecule has 1 N–H and O–H groups in total. The summed E-state index contributed by atoms with van der Waals surface area (Å²) in [4.78, 5) is 29.6. The summed E-state index contributed by atoms with van der Waals surface area (Å²) < 4.78 is 0. The van der Waals surface area contributed by atoms with Gasteiger partial charge in [0.15, 0.2) is 0 Å². The van der Waals surface area contributed by atoms with E-state index in [1.54, 1.807) is 0 Å². The highest BCUT2D eigenvalue weighted by Crippen LogP contribution is 2.26. The Morgan fingerprint density at radius 2 is 1.86 bits per heavy atom. The highest BCUT2D eigenvalue weighted by atomic mass is 16.2. The number of nitrogens with zero attached hydrogens (tertiary/aromatic N) is 2. The molecule has 0 aromatic heterocycles. The minimum absolute atomic E-state index is 0.148. The van der Waals surface area contributed by atoms with Crippen LogP contribution in [0, 0.1) is 12.8 Å². The molecule has 1 aromatic rings. The Hall–Kier alpha value is -1.88. The molecule has 3 aliphatic rings. The molecule has 0 bridgehead atoms. The maximum Gasteiger partial charge on any atom is 0.226 e. The first-order valence-electron chi connectivity index (χ1n) is 11.0. The first-order chi connectivity index (χ1) is 13.6. The van der Waals surface area contributed by atoms with Gasteiger partial charge in [0.2, 0.25) is 11.8 Å². The van der Waals surface area contributed by atoms with Crippen LogP contribution in [0.1, 0.15) is 49.7 Å². The molecule has 0 radical (unpaired) electrons. The normalized spacial score (nSPS) is 24.2. The number of benzene rings is 1. The fourth-order valence-corrected chi connectivity index (χ4v) is 4.69. The van der Waals surface area contributed by atoms with Crippen LogP contribution in [0.4, 0.5) is 0 Å². The average molecular weight is 384 g/mol. The lowest BCUT2D eigenvalue weighted by Gasteiger charge is -2.42. The minimum atomic E-state index is 0.148. The second-order valence-corrected chi connectivity index (χ2v) is 8.89. The average Bonchev–Trinajstić information content (AvgIpc) is 3.52. The monoisotopic (exact) mass is 383 g/mol. The van der Waals surface area contributed by atoms with Gasteiger partial charge < -0.3 is 10.2 Å². The standard InChI is InChI=1S/C23H33N3O2/c1-17-4-2-5-18(14-17)15-22(27)25-12-9-21(10-13-25)26-11-3-6-19(16-26)23(28)24-20-7-8-20/h2,4-5,14,19-21H,3,6-13,15-16H2,1H3,(H,24,28)/t19-/m1/s1. The zero-order valence-electron chi connectivity index (χ0n) is 17.0. The van der Waals surface area contributed by atoms with E-state index in [0.29, 0.717) is 18.5 Å². The highest BCUT2D eigenvalue weighted by Gasteiger charge is 2.34. The number of hydrogen-bond acceptors (Lipinski definition) is 3. The Labute approximate surface area is 168 Å². The van der Waals surface area contributed by atoms with Crippen LogP contribution in [0.15, 0.2) is 24.3 Å². The lowest BCUT2D eigenvalue weighted by Crippen LogP contribution is -2.51. The largest absolute Gasteiger partial charge is 0.353 e. The Morgan fingerprint density at radius 1 is 1.07 bits per heavy atom. The van der Waals surface area contributed by atoms with Gasteiger partial charge in [-0.1, -0.05) is 29.8 Å². The Kier molecular flexibility index (Phi) is 6.00. The van der Waals surface area contributed by atoms with Crippen molar-refractivity contribution >= 4 is 11.8 Å². The Bertz CT molecular complexity index is 708. The lowest BCUT2D eigenvalue weighted by atomic mass is 9.93. The van der Waals surface area contributed by atoms with E-state index >= 15 is 0 Å². The van der Waals surface area contributed by atoms with E-state index in [1.807, 2.05) is 17.0 Å². The van der Waals surface area contributed by atoms with E-state index in [2.05, 4.69) is 29.3 Å². The molecule has 28 heavy (non-hydrogen) atoms. The third-order valence-electron chi connectivity index (χ3n) is 6.52. The molecule has 2 aliphatic heterocycles. The topological polar surface area (TPSA) is 52.7 Å². The number of rotatable bonds is 5. The molecule has 1 aromatic carbocycles. The number of carbonyl (C=O) groups excluding carboxylic acids is 2. The zero-order valence-corrected chi connectivity index (χ0v) is 17.0. The summed E-state index contributed by atoms with van der Waals surface area (Å²) in [6.45, 7) is 5.72. The predicted molar refractivity (Wildman–Crippen MR) is 110 cm³/mol. The van der Waals surface area contributed by atoms with Gasteiger partial charge in [-0.05, 0) is 57.6 Å². The second-order valence-electron chi connectivity index (χ2n) is 8.89. The summed E-state index contributed by atoms with van der Waals surface area (Å²) in [5.74, 6) is 0.651. The summed E-state index contributed by atoms with van der Waals surface area (Å²) >= 11 is 0. The van der Waals surface area contributed by atoms with Crippen LogP contribution in [0.5, 0.6) is 0 Å². The van der Waals surface area contributed by atoms with Crippen LogP contribution in [0.3, 0.4) is 0 Å². The summed E-state index contributed by atoms with van der Waals surface area (Å²) in [5, 5.41) is 3.18. The third kappa shape index (κ3) is 4.93. The number of nitrogens with one attached hydrogen (secondary N) is 1. The van der Waals surface area contributed by atoms with Gasteiger partial charge in [-0.25, -0.2) is 0 Å². The van der Waals surface area contributed by atoms with Crippen LogP contribution in [-0.2, 0) is 16.0 Å². The zero-order chi connectivity index (χ0) is 19.5. The van der Waals surface area contributed by atoms with Crippen molar-refractivity contribution < 1.29 is 9.59 Å². The van der Waals surface area contributed by atoms with E-state index < -0.39 is 0 Å². The van der Waals surface area contributed by atoms with Gasteiger partial charge in [0, 0.05) is 31.7 Å². The molecule has 0 unspecified atom stereocenters. The molecule has 3 fully saturated rings. The Morgan fingerprint density at radius 3 is 2.57 bits per heavy atom. The van der Waals surface area contributed by atoms with Gasteiger partial charge >= 0.3 is 0 Å². The number of carbonyl (C=O) groups is 2. The van der Waals surface area contributed by atoms with E-state index in [-0.39, 0.29) is 17.7 Å². The predicted octanol–water partition coefficient (Wildman–Crippen LogP) is 2.52. The lowest BCUT2D eigenvalue weighted by molar-refractivity contribution is -0.132. The van der Waals surface area contributed by atoms with E-state index in [4.69, 9.17) is 0 Å². The van der Waals surface area contributed by atoms with Crippen molar-refractivity contribution in [2.45, 2.75) is 64.0 Å². The molecule has 2 saturated heterocycles.